The molecule has 1 aromatic heterocycles. The molecule has 0 unspecified atom stereocenters. The van der Waals surface area contributed by atoms with Crippen molar-refractivity contribution < 1.29 is 18.8 Å². The number of aromatic nitrogens is 1. The molecule has 5 heteroatoms. The molecule has 0 spiro atoms. The molecule has 0 aliphatic heterocycles. The van der Waals surface area contributed by atoms with E-state index in [1.165, 1.54) is 0 Å². The standard InChI is InChI=1S/C20H17NO4/c1-13-17(14(2)25-21-13)20(23)24-19(16-11-7-4-8-12-16)18(22)15-9-5-3-6-10-15/h3-12,19H,1-2H3/t19-/m1/s1. The van der Waals surface area contributed by atoms with E-state index in [9.17, 15) is 9.59 Å². The molecular formula is C20H17NO4. The van der Waals surface area contributed by atoms with Gasteiger partial charge in [-0.2, -0.15) is 0 Å². The zero-order valence-corrected chi connectivity index (χ0v) is 13.9. The highest BCUT2D eigenvalue weighted by Gasteiger charge is 2.29. The van der Waals surface area contributed by atoms with Crippen LogP contribution in [0.5, 0.6) is 0 Å². The van der Waals surface area contributed by atoms with Crippen molar-refractivity contribution in [2.75, 3.05) is 0 Å². The van der Waals surface area contributed by atoms with E-state index in [-0.39, 0.29) is 11.3 Å². The third-order valence-electron chi connectivity index (χ3n) is 3.86. The van der Waals surface area contributed by atoms with Crippen LogP contribution in [0.15, 0.2) is 65.2 Å². The Kier molecular flexibility index (Phi) is 4.75. The van der Waals surface area contributed by atoms with Crippen LogP contribution in [0.1, 0.15) is 43.8 Å². The fourth-order valence-corrected chi connectivity index (χ4v) is 2.59. The second-order valence-electron chi connectivity index (χ2n) is 5.63. The lowest BCUT2D eigenvalue weighted by molar-refractivity contribution is 0.0277. The molecular weight excluding hydrogens is 318 g/mol. The van der Waals surface area contributed by atoms with Crippen LogP contribution in [0.25, 0.3) is 0 Å². The maximum absolute atomic E-state index is 12.9. The summed E-state index contributed by atoms with van der Waals surface area (Å²) in [5.74, 6) is -0.553. The lowest BCUT2D eigenvalue weighted by Gasteiger charge is -2.17. The largest absolute Gasteiger partial charge is 0.445 e. The summed E-state index contributed by atoms with van der Waals surface area (Å²) < 4.78 is 10.6. The molecule has 1 heterocycles. The van der Waals surface area contributed by atoms with Gasteiger partial charge in [0.05, 0.1) is 5.69 Å². The third-order valence-corrected chi connectivity index (χ3v) is 3.86. The van der Waals surface area contributed by atoms with Crippen LogP contribution in [-0.4, -0.2) is 16.9 Å². The Hall–Kier alpha value is -3.21. The third kappa shape index (κ3) is 3.50. The number of ketones is 1. The molecule has 0 radical (unpaired) electrons. The van der Waals surface area contributed by atoms with Gasteiger partial charge in [0, 0.05) is 11.1 Å². The molecule has 1 atom stereocenters. The lowest BCUT2D eigenvalue weighted by Crippen LogP contribution is -2.21. The van der Waals surface area contributed by atoms with Crippen LogP contribution in [-0.2, 0) is 4.74 Å². The van der Waals surface area contributed by atoms with Gasteiger partial charge in [-0.05, 0) is 13.8 Å². The maximum Gasteiger partial charge on any atom is 0.344 e. The number of rotatable bonds is 5. The molecule has 0 N–H and O–H groups in total. The van der Waals surface area contributed by atoms with E-state index in [1.54, 1.807) is 62.4 Å². The van der Waals surface area contributed by atoms with Crippen LogP contribution in [0, 0.1) is 13.8 Å². The van der Waals surface area contributed by atoms with Gasteiger partial charge in [-0.3, -0.25) is 4.79 Å². The minimum absolute atomic E-state index is 0.252. The molecule has 0 aliphatic rings. The molecule has 126 valence electrons. The summed E-state index contributed by atoms with van der Waals surface area (Å²) in [6.45, 7) is 3.29. The van der Waals surface area contributed by atoms with Gasteiger partial charge in [-0.25, -0.2) is 4.79 Å². The Labute approximate surface area is 145 Å². The number of nitrogens with zero attached hydrogens (tertiary/aromatic N) is 1. The Morgan fingerprint density at radius 1 is 0.960 bits per heavy atom. The van der Waals surface area contributed by atoms with Crippen molar-refractivity contribution in [1.29, 1.82) is 0 Å². The van der Waals surface area contributed by atoms with Crippen molar-refractivity contribution in [3.05, 3.63) is 88.8 Å². The van der Waals surface area contributed by atoms with Crippen LogP contribution in [0.4, 0.5) is 0 Å². The first-order valence-corrected chi connectivity index (χ1v) is 7.86. The zero-order valence-electron chi connectivity index (χ0n) is 13.9. The van der Waals surface area contributed by atoms with Gasteiger partial charge in [0.25, 0.3) is 0 Å². The minimum Gasteiger partial charge on any atom is -0.445 e. The van der Waals surface area contributed by atoms with Gasteiger partial charge in [0.2, 0.25) is 5.78 Å². The second kappa shape index (κ2) is 7.13. The number of benzene rings is 2. The van der Waals surface area contributed by atoms with Gasteiger partial charge in [0.1, 0.15) is 11.3 Å². The zero-order chi connectivity index (χ0) is 17.8. The molecule has 25 heavy (non-hydrogen) atoms. The van der Waals surface area contributed by atoms with Gasteiger partial charge >= 0.3 is 5.97 Å². The summed E-state index contributed by atoms with van der Waals surface area (Å²) >= 11 is 0. The number of aryl methyl sites for hydroxylation is 2. The van der Waals surface area contributed by atoms with Crippen LogP contribution in [0.2, 0.25) is 0 Å². The molecule has 2 aromatic carbocycles. The average Bonchev–Trinajstić information content (AvgIpc) is 2.99. The summed E-state index contributed by atoms with van der Waals surface area (Å²) in [5.41, 5.74) is 1.77. The number of hydrogen-bond acceptors (Lipinski definition) is 5. The summed E-state index contributed by atoms with van der Waals surface area (Å²) in [6, 6.07) is 17.7. The monoisotopic (exact) mass is 335 g/mol. The van der Waals surface area contributed by atoms with Crippen molar-refractivity contribution in [3.63, 3.8) is 0 Å². The molecule has 3 aromatic rings. The fraction of sp³-hybridized carbons (Fsp3) is 0.150. The smallest absolute Gasteiger partial charge is 0.344 e. The van der Waals surface area contributed by atoms with Crippen molar-refractivity contribution in [2.45, 2.75) is 20.0 Å². The van der Waals surface area contributed by atoms with E-state index in [1.807, 2.05) is 12.1 Å². The molecule has 5 nitrogen and oxygen atoms in total. The first-order chi connectivity index (χ1) is 12.1. The molecule has 0 fully saturated rings. The van der Waals surface area contributed by atoms with Crippen LogP contribution >= 0.6 is 0 Å². The molecule has 0 amide bonds. The van der Waals surface area contributed by atoms with Crippen molar-refractivity contribution in [3.8, 4) is 0 Å². The van der Waals surface area contributed by atoms with Crippen molar-refractivity contribution in [1.82, 2.24) is 5.16 Å². The summed E-state index contributed by atoms with van der Waals surface area (Å²) in [4.78, 5) is 25.5. The molecule has 0 bridgehead atoms. The number of Topliss-reactive ketones (excluding diaryl/α,β-unsaturated/α-hetero) is 1. The maximum atomic E-state index is 12.9. The lowest BCUT2D eigenvalue weighted by atomic mass is 9.99. The van der Waals surface area contributed by atoms with E-state index in [4.69, 9.17) is 9.26 Å². The van der Waals surface area contributed by atoms with E-state index in [0.29, 0.717) is 22.6 Å². The Balaban J connectivity index is 1.95. The minimum atomic E-state index is -1.04. The van der Waals surface area contributed by atoms with Gasteiger partial charge in [0.15, 0.2) is 6.10 Å². The van der Waals surface area contributed by atoms with E-state index >= 15 is 0 Å². The second-order valence-corrected chi connectivity index (χ2v) is 5.63. The number of hydrogen-bond donors (Lipinski definition) is 0. The first kappa shape index (κ1) is 16.6. The van der Waals surface area contributed by atoms with E-state index < -0.39 is 12.1 Å². The Bertz CT molecular complexity index is 865. The molecule has 0 aliphatic carbocycles. The quantitative estimate of drug-likeness (QED) is 0.519. The van der Waals surface area contributed by atoms with Crippen LogP contribution in [0.3, 0.4) is 0 Å². The number of carbonyl (C=O) groups is 2. The molecule has 0 saturated heterocycles. The SMILES string of the molecule is Cc1noc(C)c1C(=O)O[C@@H](C(=O)c1ccccc1)c1ccccc1. The molecule has 0 saturated carbocycles. The topological polar surface area (TPSA) is 69.4 Å². The van der Waals surface area contributed by atoms with Gasteiger partial charge < -0.3 is 9.26 Å². The number of ether oxygens (including phenoxy) is 1. The fourth-order valence-electron chi connectivity index (χ4n) is 2.59. The van der Waals surface area contributed by atoms with E-state index in [0.717, 1.165) is 0 Å². The first-order valence-electron chi connectivity index (χ1n) is 7.86. The molecule has 3 rings (SSSR count). The predicted octanol–water partition coefficient (Wildman–Crippen LogP) is 4.07. The normalized spacial score (nSPS) is 11.8. The highest BCUT2D eigenvalue weighted by Crippen LogP contribution is 2.25. The highest BCUT2D eigenvalue weighted by molar-refractivity contribution is 6.02. The van der Waals surface area contributed by atoms with Crippen LogP contribution < -0.4 is 0 Å². The Morgan fingerprint density at radius 2 is 1.56 bits per heavy atom. The predicted molar refractivity (Wildman–Crippen MR) is 91.3 cm³/mol. The van der Waals surface area contributed by atoms with Crippen molar-refractivity contribution in [2.24, 2.45) is 0 Å². The van der Waals surface area contributed by atoms with Crippen molar-refractivity contribution >= 4 is 11.8 Å². The Morgan fingerprint density at radius 3 is 2.12 bits per heavy atom. The number of esters is 1. The summed E-state index contributed by atoms with van der Waals surface area (Å²) in [6.07, 6.45) is -1.04. The van der Waals surface area contributed by atoms with Gasteiger partial charge in [-0.1, -0.05) is 65.8 Å². The van der Waals surface area contributed by atoms with Gasteiger partial charge in [-0.15, -0.1) is 0 Å². The van der Waals surface area contributed by atoms with E-state index in [2.05, 4.69) is 5.16 Å². The average molecular weight is 335 g/mol. The summed E-state index contributed by atoms with van der Waals surface area (Å²) in [7, 11) is 0. The highest BCUT2D eigenvalue weighted by atomic mass is 16.5. The number of carbonyl (C=O) groups excluding carboxylic acids is 2. The summed E-state index contributed by atoms with van der Waals surface area (Å²) in [5, 5.41) is 3.76.